The van der Waals surface area contributed by atoms with Gasteiger partial charge in [-0.1, -0.05) is 0 Å². The molecule has 0 saturated heterocycles. The number of aldehydes is 1. The molecule has 0 amide bonds. The second kappa shape index (κ2) is 4.18. The Morgan fingerprint density at radius 3 is 2.92 bits per heavy atom. The third kappa shape index (κ3) is 2.15. The molecule has 1 atom stereocenters. The van der Waals surface area contributed by atoms with Gasteiger partial charge in [-0.15, -0.1) is 0 Å². The summed E-state index contributed by atoms with van der Waals surface area (Å²) >= 11 is 0. The Bertz CT molecular complexity index is 281. The summed E-state index contributed by atoms with van der Waals surface area (Å²) in [5.41, 5.74) is 0.696. The molecule has 1 heterocycles. The summed E-state index contributed by atoms with van der Waals surface area (Å²) in [4.78, 5) is 14.1. The molecule has 0 aliphatic carbocycles. The molecule has 72 valence electrons. The van der Waals surface area contributed by atoms with Gasteiger partial charge in [-0.05, 0) is 13.8 Å². The maximum absolute atomic E-state index is 10.2. The monoisotopic (exact) mass is 182 g/mol. The highest BCUT2D eigenvalue weighted by molar-refractivity contribution is 5.50. The summed E-state index contributed by atoms with van der Waals surface area (Å²) in [5, 5.41) is 9.55. The number of hydrogen-bond donors (Lipinski definition) is 1. The van der Waals surface area contributed by atoms with Crippen LogP contribution in [0.2, 0.25) is 0 Å². The SMILES string of the molecule is CC(C)n1cncc1C(O)CC=O. The van der Waals surface area contributed by atoms with Crippen LogP contribution in [0.25, 0.3) is 0 Å². The fourth-order valence-electron chi connectivity index (χ4n) is 1.22. The molecule has 4 nitrogen and oxygen atoms in total. The van der Waals surface area contributed by atoms with Crippen LogP contribution in [0.4, 0.5) is 0 Å². The van der Waals surface area contributed by atoms with Crippen LogP contribution in [0.3, 0.4) is 0 Å². The van der Waals surface area contributed by atoms with Crippen LogP contribution < -0.4 is 0 Å². The van der Waals surface area contributed by atoms with E-state index in [-0.39, 0.29) is 12.5 Å². The van der Waals surface area contributed by atoms with E-state index in [9.17, 15) is 9.90 Å². The maximum Gasteiger partial charge on any atom is 0.122 e. The smallest absolute Gasteiger partial charge is 0.122 e. The van der Waals surface area contributed by atoms with Gasteiger partial charge in [0.25, 0.3) is 0 Å². The van der Waals surface area contributed by atoms with Crippen LogP contribution in [-0.2, 0) is 4.79 Å². The molecule has 1 aromatic rings. The van der Waals surface area contributed by atoms with Gasteiger partial charge in [-0.2, -0.15) is 0 Å². The highest BCUT2D eigenvalue weighted by Crippen LogP contribution is 2.18. The topological polar surface area (TPSA) is 55.1 Å². The minimum absolute atomic E-state index is 0.123. The Balaban J connectivity index is 2.86. The second-order valence-corrected chi connectivity index (χ2v) is 3.24. The zero-order valence-electron chi connectivity index (χ0n) is 7.84. The number of aromatic nitrogens is 2. The lowest BCUT2D eigenvalue weighted by Gasteiger charge is -2.14. The third-order valence-corrected chi connectivity index (χ3v) is 1.91. The molecular formula is C9H14N2O2. The Morgan fingerprint density at radius 1 is 1.69 bits per heavy atom. The van der Waals surface area contributed by atoms with Crippen molar-refractivity contribution in [3.8, 4) is 0 Å². The first kappa shape index (κ1) is 9.92. The van der Waals surface area contributed by atoms with Crippen molar-refractivity contribution in [3.63, 3.8) is 0 Å². The number of imidazole rings is 1. The van der Waals surface area contributed by atoms with Gasteiger partial charge in [0.2, 0.25) is 0 Å². The quantitative estimate of drug-likeness (QED) is 0.709. The fourth-order valence-corrected chi connectivity index (χ4v) is 1.22. The molecule has 0 bridgehead atoms. The molecule has 0 aliphatic rings. The third-order valence-electron chi connectivity index (χ3n) is 1.91. The first-order chi connectivity index (χ1) is 6.16. The van der Waals surface area contributed by atoms with E-state index in [1.54, 1.807) is 12.5 Å². The van der Waals surface area contributed by atoms with E-state index in [2.05, 4.69) is 4.98 Å². The summed E-state index contributed by atoms with van der Waals surface area (Å²) in [7, 11) is 0. The molecule has 0 aromatic carbocycles. The molecule has 13 heavy (non-hydrogen) atoms. The molecule has 1 unspecified atom stereocenters. The minimum atomic E-state index is -0.734. The molecule has 0 radical (unpaired) electrons. The van der Waals surface area contributed by atoms with Crippen molar-refractivity contribution >= 4 is 6.29 Å². The summed E-state index contributed by atoms with van der Waals surface area (Å²) in [6, 6.07) is 0.249. The average Bonchev–Trinajstić information content (AvgIpc) is 2.52. The summed E-state index contributed by atoms with van der Waals surface area (Å²) in [5.74, 6) is 0. The van der Waals surface area contributed by atoms with Gasteiger partial charge >= 0.3 is 0 Å². The van der Waals surface area contributed by atoms with Crippen LogP contribution in [-0.4, -0.2) is 20.9 Å². The van der Waals surface area contributed by atoms with Gasteiger partial charge < -0.3 is 14.5 Å². The molecule has 0 fully saturated rings. The predicted molar refractivity (Wildman–Crippen MR) is 48.3 cm³/mol. The fraction of sp³-hybridized carbons (Fsp3) is 0.556. The maximum atomic E-state index is 10.2. The van der Waals surface area contributed by atoms with E-state index >= 15 is 0 Å². The lowest BCUT2D eigenvalue weighted by molar-refractivity contribution is -0.109. The van der Waals surface area contributed by atoms with Crippen molar-refractivity contribution < 1.29 is 9.90 Å². The van der Waals surface area contributed by atoms with Crippen LogP contribution in [0.5, 0.6) is 0 Å². The number of rotatable bonds is 4. The number of carbonyl (C=O) groups is 1. The normalized spacial score (nSPS) is 13.2. The summed E-state index contributed by atoms with van der Waals surface area (Å²) in [6.45, 7) is 4.00. The van der Waals surface area contributed by atoms with Crippen molar-refractivity contribution in [3.05, 3.63) is 18.2 Å². The molecule has 1 N–H and O–H groups in total. The van der Waals surface area contributed by atoms with E-state index in [1.807, 2.05) is 18.4 Å². The van der Waals surface area contributed by atoms with E-state index in [4.69, 9.17) is 0 Å². The number of carbonyl (C=O) groups excluding carboxylic acids is 1. The first-order valence-corrected chi connectivity index (χ1v) is 4.30. The second-order valence-electron chi connectivity index (χ2n) is 3.24. The van der Waals surface area contributed by atoms with Crippen molar-refractivity contribution in [1.29, 1.82) is 0 Å². The van der Waals surface area contributed by atoms with E-state index in [0.29, 0.717) is 12.0 Å². The average molecular weight is 182 g/mol. The van der Waals surface area contributed by atoms with E-state index in [1.165, 1.54) is 0 Å². The standard InChI is InChI=1S/C9H14N2O2/c1-7(2)11-6-10-5-8(11)9(13)3-4-12/h4-7,9,13H,3H2,1-2H3. The lowest BCUT2D eigenvalue weighted by Crippen LogP contribution is -2.09. The van der Waals surface area contributed by atoms with Crippen LogP contribution in [0.1, 0.15) is 38.1 Å². The molecule has 0 saturated carbocycles. The molecule has 0 aliphatic heterocycles. The Labute approximate surface area is 77.2 Å². The van der Waals surface area contributed by atoms with Crippen molar-refractivity contribution in [2.75, 3.05) is 0 Å². The molecular weight excluding hydrogens is 168 g/mol. The zero-order valence-corrected chi connectivity index (χ0v) is 7.84. The number of nitrogens with zero attached hydrogens (tertiary/aromatic N) is 2. The van der Waals surface area contributed by atoms with Crippen molar-refractivity contribution in [2.45, 2.75) is 32.4 Å². The van der Waals surface area contributed by atoms with Gasteiger partial charge in [0, 0.05) is 12.5 Å². The summed E-state index contributed by atoms with van der Waals surface area (Å²) in [6.07, 6.45) is 3.35. The highest BCUT2D eigenvalue weighted by Gasteiger charge is 2.13. The highest BCUT2D eigenvalue weighted by atomic mass is 16.3. The molecule has 4 heteroatoms. The number of hydrogen-bond acceptors (Lipinski definition) is 3. The largest absolute Gasteiger partial charge is 0.386 e. The Hall–Kier alpha value is -1.16. The van der Waals surface area contributed by atoms with Gasteiger partial charge in [0.1, 0.15) is 12.4 Å². The van der Waals surface area contributed by atoms with Gasteiger partial charge in [0.05, 0.1) is 18.2 Å². The molecule has 1 rings (SSSR count). The number of aliphatic hydroxyl groups excluding tert-OH is 1. The predicted octanol–water partition coefficient (Wildman–Crippen LogP) is 1.09. The molecule has 0 spiro atoms. The van der Waals surface area contributed by atoms with E-state index < -0.39 is 6.10 Å². The first-order valence-electron chi connectivity index (χ1n) is 4.30. The van der Waals surface area contributed by atoms with Crippen molar-refractivity contribution in [1.82, 2.24) is 9.55 Å². The van der Waals surface area contributed by atoms with Gasteiger partial charge in [0.15, 0.2) is 0 Å². The lowest BCUT2D eigenvalue weighted by atomic mass is 10.2. The summed E-state index contributed by atoms with van der Waals surface area (Å²) < 4.78 is 1.86. The zero-order chi connectivity index (χ0) is 9.84. The van der Waals surface area contributed by atoms with Gasteiger partial charge in [-0.25, -0.2) is 4.98 Å². The van der Waals surface area contributed by atoms with E-state index in [0.717, 1.165) is 0 Å². The molecule has 1 aromatic heterocycles. The van der Waals surface area contributed by atoms with Crippen LogP contribution >= 0.6 is 0 Å². The van der Waals surface area contributed by atoms with Crippen LogP contribution in [0, 0.1) is 0 Å². The van der Waals surface area contributed by atoms with Crippen molar-refractivity contribution in [2.24, 2.45) is 0 Å². The van der Waals surface area contributed by atoms with Crippen LogP contribution in [0.15, 0.2) is 12.5 Å². The Kier molecular flexibility index (Phi) is 3.19. The number of aliphatic hydroxyl groups is 1. The van der Waals surface area contributed by atoms with Gasteiger partial charge in [-0.3, -0.25) is 0 Å². The Morgan fingerprint density at radius 2 is 2.38 bits per heavy atom. The minimum Gasteiger partial charge on any atom is -0.386 e.